The molecular weight excluding hydrogens is 267 g/mol. The van der Waals surface area contributed by atoms with Crippen LogP contribution in [0.1, 0.15) is 28.4 Å². The molecule has 106 valence electrons. The highest BCUT2D eigenvalue weighted by molar-refractivity contribution is 6.17. The van der Waals surface area contributed by atoms with Gasteiger partial charge in [0.15, 0.2) is 5.78 Å². The molecule has 0 fully saturated rings. The number of benzene rings is 2. The zero-order valence-electron chi connectivity index (χ0n) is 11.6. The summed E-state index contributed by atoms with van der Waals surface area (Å²) in [5, 5.41) is 0.807. The van der Waals surface area contributed by atoms with E-state index in [0.717, 1.165) is 22.9 Å². The Labute approximate surface area is 121 Å². The van der Waals surface area contributed by atoms with Crippen molar-refractivity contribution in [3.05, 3.63) is 65.1 Å². The zero-order valence-corrected chi connectivity index (χ0v) is 11.6. The predicted molar refractivity (Wildman–Crippen MR) is 81.9 cm³/mol. The maximum atomic E-state index is 13.9. The standard InChI is InChI=1S/C17H15FN2O/c1-2-10-4-3-5-12-14(9-20-16(10)12)17(21)13-8-11(19)6-7-15(13)18/h3-9,20H,2,19H2,1H3. The summed E-state index contributed by atoms with van der Waals surface area (Å²) in [6.07, 6.45) is 2.49. The number of para-hydroxylation sites is 1. The minimum absolute atomic E-state index is 0.00204. The van der Waals surface area contributed by atoms with Gasteiger partial charge >= 0.3 is 0 Å². The zero-order chi connectivity index (χ0) is 15.0. The van der Waals surface area contributed by atoms with Gasteiger partial charge in [0.05, 0.1) is 5.56 Å². The Morgan fingerprint density at radius 2 is 2.05 bits per heavy atom. The number of hydrogen-bond donors (Lipinski definition) is 2. The van der Waals surface area contributed by atoms with Crippen molar-refractivity contribution >= 4 is 22.4 Å². The van der Waals surface area contributed by atoms with Crippen LogP contribution in [0.15, 0.2) is 42.6 Å². The summed E-state index contributed by atoms with van der Waals surface area (Å²) in [6, 6.07) is 9.81. The first kappa shape index (κ1) is 13.4. The molecule has 0 saturated heterocycles. The number of aryl methyl sites for hydroxylation is 1. The highest BCUT2D eigenvalue weighted by Crippen LogP contribution is 2.25. The van der Waals surface area contributed by atoms with E-state index in [1.54, 1.807) is 6.20 Å². The second kappa shape index (κ2) is 5.05. The molecule has 0 atom stereocenters. The van der Waals surface area contributed by atoms with Crippen molar-refractivity contribution in [2.75, 3.05) is 5.73 Å². The molecular formula is C17H15FN2O. The lowest BCUT2D eigenvalue weighted by Gasteiger charge is -2.04. The average Bonchev–Trinajstić information content (AvgIpc) is 2.93. The molecule has 0 amide bonds. The average molecular weight is 282 g/mol. The Hall–Kier alpha value is -2.62. The lowest BCUT2D eigenvalue weighted by molar-refractivity contribution is 0.103. The van der Waals surface area contributed by atoms with Crippen LogP contribution in [0.25, 0.3) is 10.9 Å². The number of aromatic amines is 1. The van der Waals surface area contributed by atoms with Gasteiger partial charge in [-0.1, -0.05) is 25.1 Å². The normalized spacial score (nSPS) is 11.0. The van der Waals surface area contributed by atoms with E-state index >= 15 is 0 Å². The van der Waals surface area contributed by atoms with Crippen molar-refractivity contribution in [3.63, 3.8) is 0 Å². The first-order valence-electron chi connectivity index (χ1n) is 6.80. The molecule has 1 heterocycles. The number of aromatic nitrogens is 1. The molecule has 0 saturated carbocycles. The van der Waals surface area contributed by atoms with Gasteiger partial charge in [-0.3, -0.25) is 4.79 Å². The summed E-state index contributed by atoms with van der Waals surface area (Å²) in [5.41, 5.74) is 8.53. The number of H-pyrrole nitrogens is 1. The lowest BCUT2D eigenvalue weighted by Crippen LogP contribution is -2.04. The van der Waals surface area contributed by atoms with Gasteiger partial charge in [0.1, 0.15) is 5.82 Å². The number of fused-ring (bicyclic) bond motifs is 1. The first-order chi connectivity index (χ1) is 10.1. The van der Waals surface area contributed by atoms with E-state index in [0.29, 0.717) is 11.3 Å². The molecule has 3 nitrogen and oxygen atoms in total. The maximum Gasteiger partial charge on any atom is 0.198 e. The largest absolute Gasteiger partial charge is 0.399 e. The Morgan fingerprint density at radius 3 is 2.81 bits per heavy atom. The van der Waals surface area contributed by atoms with Crippen molar-refractivity contribution in [2.45, 2.75) is 13.3 Å². The maximum absolute atomic E-state index is 13.9. The molecule has 0 unspecified atom stereocenters. The van der Waals surface area contributed by atoms with E-state index in [-0.39, 0.29) is 11.3 Å². The Kier molecular flexibility index (Phi) is 3.22. The summed E-state index contributed by atoms with van der Waals surface area (Å²) >= 11 is 0. The van der Waals surface area contributed by atoms with Crippen LogP contribution in [0, 0.1) is 5.82 Å². The van der Waals surface area contributed by atoms with Gasteiger partial charge in [0, 0.05) is 28.4 Å². The number of carbonyl (C=O) groups excluding carboxylic acids is 1. The van der Waals surface area contributed by atoms with Crippen molar-refractivity contribution < 1.29 is 9.18 Å². The van der Waals surface area contributed by atoms with E-state index in [4.69, 9.17) is 5.73 Å². The van der Waals surface area contributed by atoms with Gasteiger partial charge in [0.2, 0.25) is 0 Å². The quantitative estimate of drug-likeness (QED) is 0.568. The number of anilines is 1. The Balaban J connectivity index is 2.16. The molecule has 0 aliphatic rings. The Morgan fingerprint density at radius 1 is 1.24 bits per heavy atom. The van der Waals surface area contributed by atoms with Gasteiger partial charge in [-0.15, -0.1) is 0 Å². The smallest absolute Gasteiger partial charge is 0.198 e. The van der Waals surface area contributed by atoms with Crippen LogP contribution in [0.4, 0.5) is 10.1 Å². The second-order valence-corrected chi connectivity index (χ2v) is 4.96. The summed E-state index contributed by atoms with van der Waals surface area (Å²) < 4.78 is 13.9. The second-order valence-electron chi connectivity index (χ2n) is 4.96. The summed E-state index contributed by atoms with van der Waals surface area (Å²) in [5.74, 6) is -0.922. The monoisotopic (exact) mass is 282 g/mol. The third kappa shape index (κ3) is 2.18. The molecule has 0 aliphatic carbocycles. The SMILES string of the molecule is CCc1cccc2c(C(=O)c3cc(N)ccc3F)c[nH]c12. The minimum Gasteiger partial charge on any atom is -0.399 e. The van der Waals surface area contributed by atoms with E-state index in [2.05, 4.69) is 11.9 Å². The number of halogens is 1. The van der Waals surface area contributed by atoms with Crippen molar-refractivity contribution in [3.8, 4) is 0 Å². The molecule has 21 heavy (non-hydrogen) atoms. The van der Waals surface area contributed by atoms with Crippen LogP contribution in [0.2, 0.25) is 0 Å². The minimum atomic E-state index is -0.560. The third-order valence-corrected chi connectivity index (χ3v) is 3.66. The predicted octanol–water partition coefficient (Wildman–Crippen LogP) is 3.68. The fraction of sp³-hybridized carbons (Fsp3) is 0.118. The van der Waals surface area contributed by atoms with Crippen LogP contribution in [0.3, 0.4) is 0 Å². The number of carbonyl (C=O) groups is 1. The summed E-state index contributed by atoms with van der Waals surface area (Å²) in [6.45, 7) is 2.05. The molecule has 3 rings (SSSR count). The lowest BCUT2D eigenvalue weighted by atomic mass is 10.00. The third-order valence-electron chi connectivity index (χ3n) is 3.66. The van der Waals surface area contributed by atoms with E-state index in [1.165, 1.54) is 18.2 Å². The number of ketones is 1. The van der Waals surface area contributed by atoms with Crippen LogP contribution in [0.5, 0.6) is 0 Å². The fourth-order valence-electron chi connectivity index (χ4n) is 2.56. The molecule has 0 spiro atoms. The van der Waals surface area contributed by atoms with E-state index < -0.39 is 5.82 Å². The molecule has 0 radical (unpaired) electrons. The molecule has 1 aromatic heterocycles. The topological polar surface area (TPSA) is 58.9 Å². The van der Waals surface area contributed by atoms with Crippen molar-refractivity contribution in [2.24, 2.45) is 0 Å². The van der Waals surface area contributed by atoms with Crippen LogP contribution in [-0.2, 0) is 6.42 Å². The van der Waals surface area contributed by atoms with Gasteiger partial charge in [0.25, 0.3) is 0 Å². The number of nitrogens with two attached hydrogens (primary N) is 1. The van der Waals surface area contributed by atoms with Gasteiger partial charge in [-0.25, -0.2) is 4.39 Å². The van der Waals surface area contributed by atoms with E-state index in [1.807, 2.05) is 18.2 Å². The molecule has 3 N–H and O–H groups in total. The fourth-order valence-corrected chi connectivity index (χ4v) is 2.56. The van der Waals surface area contributed by atoms with Gasteiger partial charge in [-0.2, -0.15) is 0 Å². The van der Waals surface area contributed by atoms with Gasteiger partial charge < -0.3 is 10.7 Å². The number of rotatable bonds is 3. The van der Waals surface area contributed by atoms with Crippen LogP contribution in [-0.4, -0.2) is 10.8 Å². The number of nitrogens with one attached hydrogen (secondary N) is 1. The number of hydrogen-bond acceptors (Lipinski definition) is 2. The van der Waals surface area contributed by atoms with Gasteiger partial charge in [-0.05, 0) is 30.2 Å². The molecule has 0 bridgehead atoms. The first-order valence-corrected chi connectivity index (χ1v) is 6.80. The van der Waals surface area contributed by atoms with Crippen LogP contribution < -0.4 is 5.73 Å². The molecule has 2 aromatic carbocycles. The van der Waals surface area contributed by atoms with Crippen molar-refractivity contribution in [1.29, 1.82) is 0 Å². The summed E-state index contributed by atoms with van der Waals surface area (Å²) in [4.78, 5) is 15.7. The van der Waals surface area contributed by atoms with Crippen molar-refractivity contribution in [1.82, 2.24) is 4.98 Å². The molecule has 4 heteroatoms. The molecule has 0 aliphatic heterocycles. The summed E-state index contributed by atoms with van der Waals surface area (Å²) in [7, 11) is 0. The van der Waals surface area contributed by atoms with E-state index in [9.17, 15) is 9.18 Å². The van der Waals surface area contributed by atoms with Crippen LogP contribution >= 0.6 is 0 Å². The highest BCUT2D eigenvalue weighted by atomic mass is 19.1. The molecule has 3 aromatic rings. The Bertz CT molecular complexity index is 836. The number of nitrogen functional groups attached to an aromatic ring is 1. The highest BCUT2D eigenvalue weighted by Gasteiger charge is 2.18.